The van der Waals surface area contributed by atoms with Crippen molar-refractivity contribution in [3.05, 3.63) is 58.6 Å². The Labute approximate surface area is 153 Å². The van der Waals surface area contributed by atoms with Crippen LogP contribution < -0.4 is 4.80 Å². The molecule has 0 unspecified atom stereocenters. The van der Waals surface area contributed by atoms with Crippen molar-refractivity contribution < 1.29 is 17.6 Å². The summed E-state index contributed by atoms with van der Waals surface area (Å²) in [6, 6.07) is 9.97. The first kappa shape index (κ1) is 18.4. The first-order chi connectivity index (χ1) is 12.2. The summed E-state index contributed by atoms with van der Waals surface area (Å²) in [6.07, 6.45) is 0. The Morgan fingerprint density at radius 3 is 2.42 bits per heavy atom. The third-order valence-electron chi connectivity index (χ3n) is 3.85. The fourth-order valence-corrected chi connectivity index (χ4v) is 4.29. The summed E-state index contributed by atoms with van der Waals surface area (Å²) in [5.41, 5.74) is 1.04. The van der Waals surface area contributed by atoms with Gasteiger partial charge in [-0.1, -0.05) is 11.3 Å². The van der Waals surface area contributed by atoms with Crippen molar-refractivity contribution in [2.45, 2.75) is 4.90 Å². The Bertz CT molecular complexity index is 1160. The summed E-state index contributed by atoms with van der Waals surface area (Å²) in [5, 5.41) is 0. The van der Waals surface area contributed by atoms with Gasteiger partial charge in [-0.2, -0.15) is 4.99 Å². The first-order valence-electron chi connectivity index (χ1n) is 7.57. The number of rotatable bonds is 3. The maximum atomic E-state index is 13.3. The van der Waals surface area contributed by atoms with Crippen LogP contribution in [-0.2, 0) is 17.1 Å². The number of nitrogens with zero attached hydrogens (tertiary/aromatic N) is 3. The van der Waals surface area contributed by atoms with Crippen molar-refractivity contribution in [1.82, 2.24) is 8.87 Å². The molecule has 0 saturated heterocycles. The Balaban J connectivity index is 1.98. The number of hydrogen-bond donors (Lipinski definition) is 0. The van der Waals surface area contributed by atoms with Crippen LogP contribution in [0.1, 0.15) is 10.4 Å². The largest absolute Gasteiger partial charge is 0.319 e. The smallest absolute Gasteiger partial charge is 0.279 e. The van der Waals surface area contributed by atoms with Gasteiger partial charge in [0.1, 0.15) is 5.82 Å². The van der Waals surface area contributed by atoms with Crippen LogP contribution >= 0.6 is 11.3 Å². The van der Waals surface area contributed by atoms with Crippen molar-refractivity contribution in [3.63, 3.8) is 0 Å². The second-order valence-corrected chi connectivity index (χ2v) is 8.95. The van der Waals surface area contributed by atoms with Crippen molar-refractivity contribution in [2.24, 2.45) is 12.0 Å². The lowest BCUT2D eigenvalue weighted by molar-refractivity contribution is 0.0998. The topological polar surface area (TPSA) is 71.7 Å². The number of aryl methyl sites for hydroxylation is 1. The van der Waals surface area contributed by atoms with E-state index < -0.39 is 15.9 Å². The molecule has 3 aromatic rings. The predicted octanol–water partition coefficient (Wildman–Crippen LogP) is 2.37. The SMILES string of the molecule is CN(C)S(=O)(=O)c1ccc(C(=O)N=c2sc3cc(F)ccc3n2C)cc1. The molecular weight excluding hydrogens is 377 g/mol. The molecule has 0 aliphatic rings. The Morgan fingerprint density at radius 1 is 1.15 bits per heavy atom. The van der Waals surface area contributed by atoms with E-state index in [0.29, 0.717) is 9.50 Å². The van der Waals surface area contributed by atoms with Gasteiger partial charge in [-0.05, 0) is 42.5 Å². The molecule has 2 aromatic carbocycles. The van der Waals surface area contributed by atoms with E-state index in [0.717, 1.165) is 9.82 Å². The molecule has 9 heteroatoms. The minimum absolute atomic E-state index is 0.0990. The zero-order valence-electron chi connectivity index (χ0n) is 14.3. The van der Waals surface area contributed by atoms with Crippen molar-refractivity contribution in [2.75, 3.05) is 14.1 Å². The molecule has 136 valence electrons. The molecule has 0 aliphatic heterocycles. The summed E-state index contributed by atoms with van der Waals surface area (Å²) in [7, 11) is 1.07. The van der Waals surface area contributed by atoms with Crippen LogP contribution in [0.4, 0.5) is 4.39 Å². The van der Waals surface area contributed by atoms with Gasteiger partial charge in [0.05, 0.1) is 15.1 Å². The molecule has 6 nitrogen and oxygen atoms in total. The van der Waals surface area contributed by atoms with Crippen LogP contribution in [0.25, 0.3) is 10.2 Å². The number of aromatic nitrogens is 1. The lowest BCUT2D eigenvalue weighted by Crippen LogP contribution is -2.22. The molecule has 0 radical (unpaired) electrons. The van der Waals surface area contributed by atoms with Gasteiger partial charge in [0.25, 0.3) is 5.91 Å². The van der Waals surface area contributed by atoms with Gasteiger partial charge in [-0.15, -0.1) is 0 Å². The average molecular weight is 393 g/mol. The monoisotopic (exact) mass is 393 g/mol. The van der Waals surface area contributed by atoms with Crippen molar-refractivity contribution >= 4 is 37.5 Å². The van der Waals surface area contributed by atoms with Crippen molar-refractivity contribution in [3.8, 4) is 0 Å². The van der Waals surface area contributed by atoms with Crippen LogP contribution in [0.3, 0.4) is 0 Å². The molecule has 26 heavy (non-hydrogen) atoms. The molecule has 1 heterocycles. The zero-order valence-corrected chi connectivity index (χ0v) is 15.9. The van der Waals surface area contributed by atoms with E-state index in [1.165, 1.54) is 61.8 Å². The number of thiazole rings is 1. The highest BCUT2D eigenvalue weighted by molar-refractivity contribution is 7.89. The van der Waals surface area contributed by atoms with Gasteiger partial charge < -0.3 is 4.57 Å². The van der Waals surface area contributed by atoms with E-state index in [9.17, 15) is 17.6 Å². The molecule has 1 amide bonds. The second kappa shape index (κ2) is 6.75. The predicted molar refractivity (Wildman–Crippen MR) is 98.0 cm³/mol. The zero-order chi connectivity index (χ0) is 19.1. The number of fused-ring (bicyclic) bond motifs is 1. The number of amides is 1. The van der Waals surface area contributed by atoms with E-state index in [-0.39, 0.29) is 16.3 Å². The fourth-order valence-electron chi connectivity index (χ4n) is 2.35. The molecular formula is C17H16FN3O3S2. The number of benzene rings is 2. The molecule has 0 atom stereocenters. The Kier molecular flexibility index (Phi) is 4.78. The molecule has 0 fully saturated rings. The van der Waals surface area contributed by atoms with Gasteiger partial charge in [0.15, 0.2) is 4.80 Å². The molecule has 0 N–H and O–H groups in total. The quantitative estimate of drug-likeness (QED) is 0.686. The lowest BCUT2D eigenvalue weighted by Gasteiger charge is -2.11. The normalized spacial score (nSPS) is 12.9. The second-order valence-electron chi connectivity index (χ2n) is 5.78. The molecule has 3 rings (SSSR count). The summed E-state index contributed by atoms with van der Waals surface area (Å²) < 4.78 is 41.0. The van der Waals surface area contributed by atoms with Crippen molar-refractivity contribution in [1.29, 1.82) is 0 Å². The van der Waals surface area contributed by atoms with Gasteiger partial charge in [0.2, 0.25) is 10.0 Å². The number of halogens is 1. The summed E-state index contributed by atoms with van der Waals surface area (Å²) >= 11 is 1.21. The Hall–Kier alpha value is -2.36. The molecule has 0 saturated carbocycles. The van der Waals surface area contributed by atoms with Crippen LogP contribution in [0, 0.1) is 5.82 Å². The molecule has 1 aromatic heterocycles. The maximum absolute atomic E-state index is 13.3. The van der Waals surface area contributed by atoms with E-state index in [2.05, 4.69) is 4.99 Å². The molecule has 0 bridgehead atoms. The molecule has 0 spiro atoms. The van der Waals surface area contributed by atoms with E-state index in [1.54, 1.807) is 17.7 Å². The number of hydrogen-bond acceptors (Lipinski definition) is 4. The molecule has 0 aliphatic carbocycles. The standard InChI is InChI=1S/C17H16FN3O3S2/c1-20(2)26(23,24)13-7-4-11(5-8-13)16(22)19-17-21(3)14-9-6-12(18)10-15(14)25-17/h4-10H,1-3H3. The van der Waals surface area contributed by atoms with Crippen LogP contribution in [0.2, 0.25) is 0 Å². The van der Waals surface area contributed by atoms with Crippen LogP contribution in [0.15, 0.2) is 52.4 Å². The van der Waals surface area contributed by atoms with Gasteiger partial charge in [-0.3, -0.25) is 4.79 Å². The van der Waals surface area contributed by atoms with Gasteiger partial charge in [-0.25, -0.2) is 17.1 Å². The minimum atomic E-state index is -3.55. The van der Waals surface area contributed by atoms with E-state index in [4.69, 9.17) is 0 Å². The third-order valence-corrected chi connectivity index (χ3v) is 6.77. The first-order valence-corrected chi connectivity index (χ1v) is 9.82. The summed E-state index contributed by atoms with van der Waals surface area (Å²) in [6.45, 7) is 0. The minimum Gasteiger partial charge on any atom is -0.319 e. The highest BCUT2D eigenvalue weighted by Gasteiger charge is 2.17. The van der Waals surface area contributed by atoms with Crippen LogP contribution in [0.5, 0.6) is 0 Å². The highest BCUT2D eigenvalue weighted by Crippen LogP contribution is 2.18. The summed E-state index contributed by atoms with van der Waals surface area (Å²) in [5.74, 6) is -0.851. The van der Waals surface area contributed by atoms with E-state index in [1.807, 2.05) is 0 Å². The van der Waals surface area contributed by atoms with Crippen LogP contribution in [-0.4, -0.2) is 37.3 Å². The highest BCUT2D eigenvalue weighted by atomic mass is 32.2. The summed E-state index contributed by atoms with van der Waals surface area (Å²) in [4.78, 5) is 17.0. The Morgan fingerprint density at radius 2 is 1.81 bits per heavy atom. The maximum Gasteiger partial charge on any atom is 0.279 e. The number of carbonyl (C=O) groups is 1. The number of sulfonamides is 1. The average Bonchev–Trinajstić information content (AvgIpc) is 2.89. The van der Waals surface area contributed by atoms with Gasteiger partial charge >= 0.3 is 0 Å². The van der Waals surface area contributed by atoms with Gasteiger partial charge in [0, 0.05) is 26.7 Å². The lowest BCUT2D eigenvalue weighted by atomic mass is 10.2. The third kappa shape index (κ3) is 3.33. The number of carbonyl (C=O) groups excluding carboxylic acids is 1. The fraction of sp³-hybridized carbons (Fsp3) is 0.176. The van der Waals surface area contributed by atoms with E-state index >= 15 is 0 Å².